The highest BCUT2D eigenvalue weighted by atomic mass is 19.3. The molecule has 0 aromatic heterocycles. The fraction of sp³-hybridized carbons (Fsp3) is 0.714. The number of allylic oxidation sites excluding steroid dienone is 1. The summed E-state index contributed by atoms with van der Waals surface area (Å²) in [6.07, 6.45) is 2.20. The van der Waals surface area contributed by atoms with Crippen LogP contribution in [0.2, 0.25) is 0 Å². The largest absolute Gasteiger partial charge is 0.386 e. The number of hydrogen-bond acceptors (Lipinski definition) is 1. The third-order valence-corrected chi connectivity index (χ3v) is 2.41. The summed E-state index contributed by atoms with van der Waals surface area (Å²) < 4.78 is 25.5. The van der Waals surface area contributed by atoms with Gasteiger partial charge in [0.2, 0.25) is 0 Å². The molecule has 1 fully saturated rings. The molecular formula is C7H8F2O. The van der Waals surface area contributed by atoms with E-state index in [1.807, 2.05) is 0 Å². The van der Waals surface area contributed by atoms with E-state index in [1.54, 1.807) is 6.08 Å². The van der Waals surface area contributed by atoms with Gasteiger partial charge in [-0.25, -0.2) is 8.78 Å². The molecule has 2 bridgehead atoms. The predicted octanol–water partition coefficient (Wildman–Crippen LogP) is 1.19. The Morgan fingerprint density at radius 1 is 1.40 bits per heavy atom. The molecule has 3 heteroatoms. The highest BCUT2D eigenvalue weighted by Gasteiger charge is 2.57. The maximum Gasteiger partial charge on any atom is 0.280 e. The van der Waals surface area contributed by atoms with E-state index < -0.39 is 17.9 Å². The fourth-order valence-corrected chi connectivity index (χ4v) is 1.75. The predicted molar refractivity (Wildman–Crippen MR) is 31.7 cm³/mol. The summed E-state index contributed by atoms with van der Waals surface area (Å²) in [6.45, 7) is 0. The van der Waals surface area contributed by atoms with Crippen LogP contribution in [0, 0.1) is 11.8 Å². The monoisotopic (exact) mass is 146 g/mol. The van der Waals surface area contributed by atoms with Crippen LogP contribution in [0.15, 0.2) is 12.2 Å². The second-order valence-electron chi connectivity index (χ2n) is 3.01. The van der Waals surface area contributed by atoms with Crippen LogP contribution in [0.1, 0.15) is 6.42 Å². The Labute approximate surface area is 57.4 Å². The Morgan fingerprint density at radius 3 is 2.40 bits per heavy atom. The van der Waals surface area contributed by atoms with Crippen molar-refractivity contribution in [1.82, 2.24) is 0 Å². The number of aliphatic hydroxyl groups excluding tert-OH is 1. The van der Waals surface area contributed by atoms with Gasteiger partial charge in [-0.05, 0) is 6.42 Å². The van der Waals surface area contributed by atoms with Crippen molar-refractivity contribution < 1.29 is 13.9 Å². The lowest BCUT2D eigenvalue weighted by Crippen LogP contribution is -2.36. The van der Waals surface area contributed by atoms with Crippen LogP contribution in [0.3, 0.4) is 0 Å². The zero-order valence-electron chi connectivity index (χ0n) is 5.30. The topological polar surface area (TPSA) is 20.2 Å². The molecule has 3 atom stereocenters. The van der Waals surface area contributed by atoms with E-state index in [0.29, 0.717) is 6.42 Å². The van der Waals surface area contributed by atoms with Crippen LogP contribution >= 0.6 is 0 Å². The lowest BCUT2D eigenvalue weighted by atomic mass is 10.0. The summed E-state index contributed by atoms with van der Waals surface area (Å²) in [4.78, 5) is 0. The summed E-state index contributed by atoms with van der Waals surface area (Å²) in [5, 5.41) is 8.95. The Balaban J connectivity index is 2.35. The average Bonchev–Trinajstić information content (AvgIpc) is 2.37. The fourth-order valence-electron chi connectivity index (χ4n) is 1.75. The molecule has 0 aliphatic heterocycles. The van der Waals surface area contributed by atoms with Crippen molar-refractivity contribution in [3.63, 3.8) is 0 Å². The third-order valence-electron chi connectivity index (χ3n) is 2.41. The summed E-state index contributed by atoms with van der Waals surface area (Å²) >= 11 is 0. The van der Waals surface area contributed by atoms with Crippen LogP contribution in [0.5, 0.6) is 0 Å². The highest BCUT2D eigenvalue weighted by Crippen LogP contribution is 2.49. The number of halogens is 2. The zero-order valence-corrected chi connectivity index (χ0v) is 5.30. The molecule has 2 aliphatic carbocycles. The van der Waals surface area contributed by atoms with Gasteiger partial charge in [0.05, 0.1) is 0 Å². The Bertz CT molecular complexity index is 188. The van der Waals surface area contributed by atoms with Crippen molar-refractivity contribution in [1.29, 1.82) is 0 Å². The second kappa shape index (κ2) is 1.59. The minimum absolute atomic E-state index is 0.292. The molecule has 0 spiro atoms. The quantitative estimate of drug-likeness (QED) is 0.509. The second-order valence-corrected chi connectivity index (χ2v) is 3.01. The number of rotatable bonds is 0. The molecule has 1 nitrogen and oxygen atoms in total. The first-order valence-corrected chi connectivity index (χ1v) is 3.36. The highest BCUT2D eigenvalue weighted by molar-refractivity contribution is 5.17. The van der Waals surface area contributed by atoms with E-state index >= 15 is 0 Å². The summed E-state index contributed by atoms with van der Waals surface area (Å²) in [5.74, 6) is -3.85. The lowest BCUT2D eigenvalue weighted by Gasteiger charge is -2.22. The molecule has 0 amide bonds. The minimum Gasteiger partial charge on any atom is -0.386 e. The van der Waals surface area contributed by atoms with E-state index in [4.69, 9.17) is 5.11 Å². The molecule has 56 valence electrons. The van der Waals surface area contributed by atoms with E-state index in [9.17, 15) is 8.78 Å². The number of fused-ring (bicyclic) bond motifs is 2. The number of aliphatic hydroxyl groups is 1. The van der Waals surface area contributed by atoms with E-state index in [2.05, 4.69) is 0 Å². The van der Waals surface area contributed by atoms with Gasteiger partial charge in [-0.1, -0.05) is 12.2 Å². The van der Waals surface area contributed by atoms with Crippen molar-refractivity contribution in [2.24, 2.45) is 11.8 Å². The minimum atomic E-state index is -2.86. The summed E-state index contributed by atoms with van der Waals surface area (Å²) in [5.41, 5.74) is 0. The summed E-state index contributed by atoms with van der Waals surface area (Å²) in [7, 11) is 0. The van der Waals surface area contributed by atoms with Crippen molar-refractivity contribution in [2.45, 2.75) is 18.4 Å². The average molecular weight is 146 g/mol. The molecule has 3 unspecified atom stereocenters. The molecule has 0 saturated heterocycles. The lowest BCUT2D eigenvalue weighted by molar-refractivity contribution is -0.115. The van der Waals surface area contributed by atoms with Gasteiger partial charge in [0, 0.05) is 11.8 Å². The Hall–Kier alpha value is -0.440. The Morgan fingerprint density at radius 2 is 2.10 bits per heavy atom. The first-order chi connectivity index (χ1) is 4.62. The molecule has 2 rings (SSSR count). The van der Waals surface area contributed by atoms with Gasteiger partial charge in [-0.2, -0.15) is 0 Å². The van der Waals surface area contributed by atoms with Crippen LogP contribution in [0.4, 0.5) is 8.78 Å². The normalized spacial score (nSPS) is 48.5. The van der Waals surface area contributed by atoms with Gasteiger partial charge in [0.15, 0.2) is 0 Å². The van der Waals surface area contributed by atoms with Crippen molar-refractivity contribution in [2.75, 3.05) is 0 Å². The van der Waals surface area contributed by atoms with Gasteiger partial charge in [0.25, 0.3) is 5.92 Å². The van der Waals surface area contributed by atoms with Crippen molar-refractivity contribution >= 4 is 0 Å². The molecule has 2 aliphatic rings. The van der Waals surface area contributed by atoms with E-state index in [-0.39, 0.29) is 5.92 Å². The smallest absolute Gasteiger partial charge is 0.280 e. The van der Waals surface area contributed by atoms with Crippen LogP contribution < -0.4 is 0 Å². The van der Waals surface area contributed by atoms with Gasteiger partial charge in [0.1, 0.15) is 6.10 Å². The van der Waals surface area contributed by atoms with Gasteiger partial charge < -0.3 is 5.11 Å². The van der Waals surface area contributed by atoms with Crippen LogP contribution in [-0.4, -0.2) is 17.1 Å². The molecular weight excluding hydrogens is 138 g/mol. The third kappa shape index (κ3) is 0.539. The number of hydrogen-bond donors (Lipinski definition) is 1. The van der Waals surface area contributed by atoms with Gasteiger partial charge in [-0.15, -0.1) is 0 Å². The van der Waals surface area contributed by atoms with Crippen LogP contribution in [-0.2, 0) is 0 Å². The maximum absolute atomic E-state index is 12.7. The maximum atomic E-state index is 12.7. The van der Waals surface area contributed by atoms with Crippen molar-refractivity contribution in [3.8, 4) is 0 Å². The van der Waals surface area contributed by atoms with E-state index in [0.717, 1.165) is 0 Å². The van der Waals surface area contributed by atoms with Gasteiger partial charge >= 0.3 is 0 Å². The van der Waals surface area contributed by atoms with Crippen molar-refractivity contribution in [3.05, 3.63) is 12.2 Å². The molecule has 0 heterocycles. The molecule has 0 radical (unpaired) electrons. The Kier molecular flexibility index (Phi) is 0.997. The molecule has 0 aromatic rings. The summed E-state index contributed by atoms with van der Waals surface area (Å²) in [6, 6.07) is 0. The molecule has 1 saturated carbocycles. The van der Waals surface area contributed by atoms with E-state index in [1.165, 1.54) is 6.08 Å². The molecule has 0 aromatic carbocycles. The van der Waals surface area contributed by atoms with Crippen LogP contribution in [0.25, 0.3) is 0 Å². The SMILES string of the molecule is OC1C2C=CC(C2)C1(F)F. The first-order valence-electron chi connectivity index (χ1n) is 3.36. The molecule has 1 N–H and O–H groups in total. The zero-order chi connectivity index (χ0) is 7.35. The first kappa shape index (κ1) is 6.28. The number of alkyl halides is 2. The van der Waals surface area contributed by atoms with Gasteiger partial charge in [-0.3, -0.25) is 0 Å². The standard InChI is InChI=1S/C7H8F2O/c8-7(9)5-2-1-4(3-5)6(7)10/h1-2,4-6,10H,3H2. The molecule has 10 heavy (non-hydrogen) atoms.